The molecule has 10 heteroatoms. The van der Waals surface area contributed by atoms with Crippen molar-refractivity contribution < 1.29 is 23.8 Å². The third kappa shape index (κ3) is 6.18. The lowest BCUT2D eigenvalue weighted by atomic mass is 10.1. The SMILES string of the molecule is COC(=O)CCNC(=O)c1ccc2c(c1)nc(-c1ccc(C(=N)N)cc1)n2CCc1ccc(OC)c(OC)c1. The number of aryl methyl sites for hydroxylation is 2. The van der Waals surface area contributed by atoms with E-state index in [-0.39, 0.29) is 30.7 Å². The lowest BCUT2D eigenvalue weighted by Gasteiger charge is -2.12. The van der Waals surface area contributed by atoms with Crippen molar-refractivity contribution in [3.05, 3.63) is 77.4 Å². The number of carbonyl (C=O) groups excluding carboxylic acids is 2. The second-order valence-electron chi connectivity index (χ2n) is 8.80. The normalized spacial score (nSPS) is 10.7. The Morgan fingerprint density at radius 2 is 1.67 bits per heavy atom. The number of amides is 1. The lowest BCUT2D eigenvalue weighted by molar-refractivity contribution is -0.140. The summed E-state index contributed by atoms with van der Waals surface area (Å²) < 4.78 is 17.5. The van der Waals surface area contributed by atoms with E-state index in [9.17, 15) is 9.59 Å². The van der Waals surface area contributed by atoms with Crippen LogP contribution in [-0.2, 0) is 22.5 Å². The maximum absolute atomic E-state index is 12.7. The zero-order valence-corrected chi connectivity index (χ0v) is 22.1. The molecule has 0 aliphatic heterocycles. The van der Waals surface area contributed by atoms with E-state index in [2.05, 4.69) is 14.6 Å². The molecule has 10 nitrogen and oxygen atoms in total. The van der Waals surface area contributed by atoms with Crippen molar-refractivity contribution in [1.82, 2.24) is 14.9 Å². The predicted molar refractivity (Wildman–Crippen MR) is 148 cm³/mol. The molecule has 3 aromatic carbocycles. The Balaban J connectivity index is 1.67. The highest BCUT2D eigenvalue weighted by atomic mass is 16.5. The van der Waals surface area contributed by atoms with Gasteiger partial charge in [-0.3, -0.25) is 15.0 Å². The van der Waals surface area contributed by atoms with E-state index < -0.39 is 0 Å². The molecule has 0 aliphatic carbocycles. The first-order chi connectivity index (χ1) is 18.8. The van der Waals surface area contributed by atoms with E-state index in [1.165, 1.54) is 7.11 Å². The van der Waals surface area contributed by atoms with Crippen molar-refractivity contribution in [3.63, 3.8) is 0 Å². The number of nitrogens with two attached hydrogens (primary N) is 1. The topological polar surface area (TPSA) is 142 Å². The zero-order chi connectivity index (χ0) is 27.9. The number of nitrogens with zero attached hydrogens (tertiary/aromatic N) is 2. The fraction of sp³-hybridized carbons (Fsp3) is 0.241. The summed E-state index contributed by atoms with van der Waals surface area (Å²) in [4.78, 5) is 28.9. The van der Waals surface area contributed by atoms with Gasteiger partial charge in [-0.25, -0.2) is 4.98 Å². The summed E-state index contributed by atoms with van der Waals surface area (Å²) in [5.74, 6) is 1.36. The number of aromatic nitrogens is 2. The molecule has 0 radical (unpaired) electrons. The summed E-state index contributed by atoms with van der Waals surface area (Å²) in [7, 11) is 4.52. The van der Waals surface area contributed by atoms with Crippen molar-refractivity contribution >= 4 is 28.7 Å². The van der Waals surface area contributed by atoms with Crippen LogP contribution in [0.15, 0.2) is 60.7 Å². The number of amidine groups is 1. The molecule has 0 bridgehead atoms. The number of nitrogen functional groups attached to an aromatic ring is 1. The van der Waals surface area contributed by atoms with Crippen LogP contribution in [0.1, 0.15) is 27.9 Å². The average molecular weight is 530 g/mol. The first-order valence-corrected chi connectivity index (χ1v) is 12.4. The number of imidazole rings is 1. The van der Waals surface area contributed by atoms with Gasteiger partial charge in [-0.15, -0.1) is 0 Å². The molecule has 0 spiro atoms. The van der Waals surface area contributed by atoms with Gasteiger partial charge >= 0.3 is 5.97 Å². The number of esters is 1. The molecule has 4 aromatic rings. The van der Waals surface area contributed by atoms with Gasteiger partial charge in [0.25, 0.3) is 5.91 Å². The van der Waals surface area contributed by atoms with Crippen LogP contribution in [0, 0.1) is 5.41 Å². The maximum Gasteiger partial charge on any atom is 0.307 e. The minimum Gasteiger partial charge on any atom is -0.493 e. The Morgan fingerprint density at radius 3 is 2.33 bits per heavy atom. The maximum atomic E-state index is 12.7. The summed E-state index contributed by atoms with van der Waals surface area (Å²) in [6, 6.07) is 18.5. The van der Waals surface area contributed by atoms with Crippen LogP contribution in [-0.4, -0.2) is 55.1 Å². The average Bonchev–Trinajstić information content (AvgIpc) is 3.33. The molecule has 202 valence electrons. The summed E-state index contributed by atoms with van der Waals surface area (Å²) in [6.07, 6.45) is 0.787. The van der Waals surface area contributed by atoms with Gasteiger partial charge in [-0.2, -0.15) is 0 Å². The monoisotopic (exact) mass is 529 g/mol. The Kier molecular flexibility index (Phi) is 8.45. The van der Waals surface area contributed by atoms with Crippen LogP contribution < -0.4 is 20.5 Å². The van der Waals surface area contributed by atoms with Crippen LogP contribution in [0.25, 0.3) is 22.4 Å². The molecule has 4 rings (SSSR count). The fourth-order valence-electron chi connectivity index (χ4n) is 4.28. The van der Waals surface area contributed by atoms with Gasteiger partial charge < -0.3 is 29.8 Å². The minimum absolute atomic E-state index is 0.00800. The Morgan fingerprint density at radius 1 is 0.949 bits per heavy atom. The molecule has 1 aromatic heterocycles. The van der Waals surface area contributed by atoms with Crippen LogP contribution in [0.3, 0.4) is 0 Å². The molecular weight excluding hydrogens is 498 g/mol. The number of benzene rings is 3. The number of nitrogens with one attached hydrogen (secondary N) is 2. The third-order valence-electron chi connectivity index (χ3n) is 6.38. The first kappa shape index (κ1) is 27.2. The third-order valence-corrected chi connectivity index (χ3v) is 6.38. The second-order valence-corrected chi connectivity index (χ2v) is 8.80. The van der Waals surface area contributed by atoms with Crippen molar-refractivity contribution in [2.45, 2.75) is 19.4 Å². The largest absolute Gasteiger partial charge is 0.493 e. The van der Waals surface area contributed by atoms with Gasteiger partial charge in [0, 0.05) is 29.8 Å². The van der Waals surface area contributed by atoms with Crippen molar-refractivity contribution in [2.75, 3.05) is 27.9 Å². The quantitative estimate of drug-likeness (QED) is 0.153. The summed E-state index contributed by atoms with van der Waals surface area (Å²) >= 11 is 0. The number of hydrogen-bond acceptors (Lipinski definition) is 7. The van der Waals surface area contributed by atoms with Gasteiger partial charge in [-0.1, -0.05) is 30.3 Å². The highest BCUT2D eigenvalue weighted by Gasteiger charge is 2.16. The lowest BCUT2D eigenvalue weighted by Crippen LogP contribution is -2.26. The van der Waals surface area contributed by atoms with Crippen molar-refractivity contribution in [3.8, 4) is 22.9 Å². The molecule has 0 fully saturated rings. The summed E-state index contributed by atoms with van der Waals surface area (Å²) in [5.41, 5.74) is 10.1. The van der Waals surface area contributed by atoms with E-state index in [0.29, 0.717) is 41.1 Å². The second kappa shape index (κ2) is 12.1. The van der Waals surface area contributed by atoms with Crippen LogP contribution >= 0.6 is 0 Å². The first-order valence-electron chi connectivity index (χ1n) is 12.4. The molecule has 0 saturated carbocycles. The smallest absolute Gasteiger partial charge is 0.307 e. The van der Waals surface area contributed by atoms with E-state index >= 15 is 0 Å². The minimum atomic E-state index is -0.389. The summed E-state index contributed by atoms with van der Waals surface area (Å²) in [6.45, 7) is 0.789. The van der Waals surface area contributed by atoms with Crippen molar-refractivity contribution in [1.29, 1.82) is 5.41 Å². The number of rotatable bonds is 11. The molecule has 0 atom stereocenters. The fourth-order valence-corrected chi connectivity index (χ4v) is 4.28. The predicted octanol–water partition coefficient (Wildman–Crippen LogP) is 3.54. The van der Waals surface area contributed by atoms with Gasteiger partial charge in [0.2, 0.25) is 0 Å². The van der Waals surface area contributed by atoms with E-state index in [1.807, 2.05) is 36.4 Å². The Bertz CT molecular complexity index is 1510. The molecule has 39 heavy (non-hydrogen) atoms. The number of carbonyl (C=O) groups is 2. The number of methoxy groups -OCH3 is 3. The van der Waals surface area contributed by atoms with Crippen LogP contribution in [0.2, 0.25) is 0 Å². The molecule has 0 aliphatic rings. The van der Waals surface area contributed by atoms with E-state index in [0.717, 1.165) is 22.5 Å². The Labute approximate surface area is 226 Å². The van der Waals surface area contributed by atoms with Gasteiger partial charge in [0.15, 0.2) is 11.5 Å². The summed E-state index contributed by atoms with van der Waals surface area (Å²) in [5, 5.41) is 10.4. The highest BCUT2D eigenvalue weighted by molar-refractivity contribution is 5.98. The van der Waals surface area contributed by atoms with Crippen LogP contribution in [0.5, 0.6) is 11.5 Å². The highest BCUT2D eigenvalue weighted by Crippen LogP contribution is 2.30. The standard InChI is InChI=1S/C29H31N5O5/c1-37-24-11-4-18(16-25(24)38-2)13-15-34-23-10-9-21(29(36)32-14-12-26(35)39-3)17-22(23)33-28(34)20-7-5-19(6-8-20)27(30)31/h4-11,16-17H,12-15H2,1-3H3,(H3,30,31)(H,32,36). The molecule has 4 N–H and O–H groups in total. The molecule has 1 heterocycles. The molecule has 0 saturated heterocycles. The van der Waals surface area contributed by atoms with Crippen molar-refractivity contribution in [2.24, 2.45) is 5.73 Å². The molecular formula is C29H31N5O5. The number of ether oxygens (including phenoxy) is 3. The number of fused-ring (bicyclic) bond motifs is 1. The molecule has 0 unspecified atom stereocenters. The van der Waals surface area contributed by atoms with Gasteiger partial charge in [0.05, 0.1) is 38.8 Å². The number of hydrogen-bond donors (Lipinski definition) is 3. The Hall–Kier alpha value is -4.86. The zero-order valence-electron chi connectivity index (χ0n) is 22.1. The van der Waals surface area contributed by atoms with Crippen LogP contribution in [0.4, 0.5) is 0 Å². The van der Waals surface area contributed by atoms with Gasteiger partial charge in [0.1, 0.15) is 11.7 Å². The van der Waals surface area contributed by atoms with E-state index in [4.69, 9.17) is 25.6 Å². The van der Waals surface area contributed by atoms with E-state index in [1.54, 1.807) is 38.5 Å². The molecule has 1 amide bonds. The van der Waals surface area contributed by atoms with Gasteiger partial charge in [-0.05, 0) is 42.3 Å².